The van der Waals surface area contributed by atoms with E-state index in [0.29, 0.717) is 29.2 Å². The summed E-state index contributed by atoms with van der Waals surface area (Å²) in [6.07, 6.45) is 0.603. The molecule has 1 atom stereocenters. The monoisotopic (exact) mass is 318 g/mol. The fraction of sp³-hybridized carbons (Fsp3) is 0.471. The van der Waals surface area contributed by atoms with Crippen LogP contribution in [-0.4, -0.2) is 35.8 Å². The molecule has 0 saturated carbocycles. The average Bonchev–Trinajstić information content (AvgIpc) is 2.74. The van der Waals surface area contributed by atoms with Crippen molar-refractivity contribution in [3.63, 3.8) is 0 Å². The number of nitrogens with zero attached hydrogens (tertiary/aromatic N) is 1. The molecule has 0 aliphatic carbocycles. The number of benzene rings is 1. The van der Waals surface area contributed by atoms with E-state index >= 15 is 0 Å². The molecular weight excluding hydrogens is 296 g/mol. The predicted molar refractivity (Wildman–Crippen MR) is 85.3 cm³/mol. The highest BCUT2D eigenvalue weighted by molar-refractivity contribution is 6.04. The first kappa shape index (κ1) is 17.0. The van der Waals surface area contributed by atoms with Crippen molar-refractivity contribution in [3.8, 4) is 5.75 Å². The smallest absolute Gasteiger partial charge is 0.325 e. The van der Waals surface area contributed by atoms with Crippen LogP contribution in [0.5, 0.6) is 5.75 Å². The lowest BCUT2D eigenvalue weighted by molar-refractivity contribution is -0.128. The average molecular weight is 318 g/mol. The first-order valence-corrected chi connectivity index (χ1v) is 7.63. The number of ketones is 1. The summed E-state index contributed by atoms with van der Waals surface area (Å²) in [4.78, 5) is 37.2. The molecule has 0 spiro atoms. The van der Waals surface area contributed by atoms with Gasteiger partial charge in [-0.2, -0.15) is 0 Å². The number of hydrogen-bond acceptors (Lipinski definition) is 4. The summed E-state index contributed by atoms with van der Waals surface area (Å²) in [6.45, 7) is 5.56. The first-order valence-electron chi connectivity index (χ1n) is 7.63. The van der Waals surface area contributed by atoms with Crippen molar-refractivity contribution in [2.24, 2.45) is 5.92 Å². The number of carbonyl (C=O) groups is 3. The summed E-state index contributed by atoms with van der Waals surface area (Å²) in [5.74, 6) is 0.533. The Morgan fingerprint density at radius 3 is 2.61 bits per heavy atom. The van der Waals surface area contributed by atoms with Gasteiger partial charge in [0.15, 0.2) is 5.78 Å². The third-order valence-corrected chi connectivity index (χ3v) is 3.83. The molecule has 1 saturated heterocycles. The van der Waals surface area contributed by atoms with Crippen molar-refractivity contribution >= 4 is 17.7 Å². The van der Waals surface area contributed by atoms with Crippen LogP contribution in [0.2, 0.25) is 0 Å². The van der Waals surface area contributed by atoms with Gasteiger partial charge in [-0.25, -0.2) is 4.79 Å². The van der Waals surface area contributed by atoms with Crippen LogP contribution < -0.4 is 10.1 Å². The zero-order valence-corrected chi connectivity index (χ0v) is 13.9. The molecule has 3 amide bonds. The number of imide groups is 1. The summed E-state index contributed by atoms with van der Waals surface area (Å²) in [7, 11) is 1.51. The normalized spacial score (nSPS) is 17.6. The summed E-state index contributed by atoms with van der Waals surface area (Å²) >= 11 is 0. The second-order valence-electron chi connectivity index (χ2n) is 6.14. The van der Waals surface area contributed by atoms with E-state index < -0.39 is 12.1 Å². The molecule has 0 aromatic heterocycles. The Bertz CT molecular complexity index is 639. The molecule has 6 nitrogen and oxygen atoms in total. The second kappa shape index (κ2) is 6.81. The van der Waals surface area contributed by atoms with Gasteiger partial charge in [0.2, 0.25) is 0 Å². The van der Waals surface area contributed by atoms with E-state index in [4.69, 9.17) is 4.74 Å². The molecule has 0 bridgehead atoms. The molecule has 1 aliphatic heterocycles. The van der Waals surface area contributed by atoms with Crippen molar-refractivity contribution in [2.75, 3.05) is 7.11 Å². The number of methoxy groups -OCH3 is 1. The molecule has 1 heterocycles. The number of ether oxygens (including phenoxy) is 1. The van der Waals surface area contributed by atoms with Gasteiger partial charge in [-0.3, -0.25) is 14.5 Å². The molecule has 2 rings (SSSR count). The molecule has 1 fully saturated rings. The van der Waals surface area contributed by atoms with Gasteiger partial charge in [0.05, 0.1) is 13.7 Å². The number of nitrogens with one attached hydrogen (secondary N) is 1. The Hall–Kier alpha value is -2.37. The first-order chi connectivity index (χ1) is 10.8. The molecule has 1 N–H and O–H groups in total. The van der Waals surface area contributed by atoms with Gasteiger partial charge in [0, 0.05) is 11.1 Å². The molecule has 1 aliphatic rings. The Morgan fingerprint density at radius 1 is 1.35 bits per heavy atom. The van der Waals surface area contributed by atoms with Crippen LogP contribution >= 0.6 is 0 Å². The minimum absolute atomic E-state index is 0.0798. The fourth-order valence-corrected chi connectivity index (χ4v) is 2.65. The molecule has 1 aromatic rings. The highest BCUT2D eigenvalue weighted by atomic mass is 16.5. The van der Waals surface area contributed by atoms with E-state index in [1.807, 2.05) is 13.8 Å². The predicted octanol–water partition coefficient (Wildman–Crippen LogP) is 2.36. The molecule has 23 heavy (non-hydrogen) atoms. The van der Waals surface area contributed by atoms with Gasteiger partial charge < -0.3 is 10.1 Å². The zero-order valence-electron chi connectivity index (χ0n) is 13.9. The van der Waals surface area contributed by atoms with E-state index in [9.17, 15) is 14.4 Å². The molecular formula is C17H22N2O4. The van der Waals surface area contributed by atoms with Gasteiger partial charge in [-0.1, -0.05) is 13.8 Å². The number of amides is 3. The minimum atomic E-state index is -0.482. The van der Waals surface area contributed by atoms with Gasteiger partial charge in [-0.15, -0.1) is 0 Å². The highest BCUT2D eigenvalue weighted by Gasteiger charge is 2.38. The topological polar surface area (TPSA) is 75.7 Å². The maximum absolute atomic E-state index is 12.4. The fourth-order valence-electron chi connectivity index (χ4n) is 2.65. The zero-order chi connectivity index (χ0) is 17.1. The molecule has 1 aromatic carbocycles. The second-order valence-corrected chi connectivity index (χ2v) is 6.14. The highest BCUT2D eigenvalue weighted by Crippen LogP contribution is 2.24. The summed E-state index contributed by atoms with van der Waals surface area (Å²) in [6, 6.07) is 4.12. The number of carbonyl (C=O) groups excluding carboxylic acids is 3. The largest absolute Gasteiger partial charge is 0.496 e. The summed E-state index contributed by atoms with van der Waals surface area (Å²) in [5, 5.41) is 2.71. The quantitative estimate of drug-likeness (QED) is 0.645. The number of rotatable bonds is 6. The Kier molecular flexibility index (Phi) is 5.03. The third kappa shape index (κ3) is 3.70. The Balaban J connectivity index is 2.24. The summed E-state index contributed by atoms with van der Waals surface area (Å²) < 4.78 is 5.27. The van der Waals surface area contributed by atoms with Crippen molar-refractivity contribution in [1.82, 2.24) is 10.2 Å². The Labute approximate surface area is 135 Å². The van der Waals surface area contributed by atoms with E-state index in [1.165, 1.54) is 18.9 Å². The van der Waals surface area contributed by atoms with E-state index in [-0.39, 0.29) is 18.2 Å². The van der Waals surface area contributed by atoms with Crippen molar-refractivity contribution in [3.05, 3.63) is 29.3 Å². The lowest BCUT2D eigenvalue weighted by Crippen LogP contribution is -2.31. The van der Waals surface area contributed by atoms with Gasteiger partial charge in [-0.05, 0) is 37.5 Å². The molecule has 6 heteroatoms. The van der Waals surface area contributed by atoms with Crippen LogP contribution in [0, 0.1) is 5.92 Å². The van der Waals surface area contributed by atoms with Crippen LogP contribution in [0.25, 0.3) is 0 Å². The van der Waals surface area contributed by atoms with Crippen LogP contribution in [0.15, 0.2) is 18.2 Å². The van der Waals surface area contributed by atoms with Crippen molar-refractivity contribution in [1.29, 1.82) is 0 Å². The van der Waals surface area contributed by atoms with E-state index in [0.717, 1.165) is 0 Å². The molecule has 124 valence electrons. The van der Waals surface area contributed by atoms with Crippen LogP contribution in [0.4, 0.5) is 4.79 Å². The SMILES string of the molecule is COc1ccc(C(C)=O)cc1CN1C(=O)N[C@@H](CC(C)C)C1=O. The van der Waals surface area contributed by atoms with Crippen molar-refractivity contribution < 1.29 is 19.1 Å². The van der Waals surface area contributed by atoms with Crippen LogP contribution in [-0.2, 0) is 11.3 Å². The minimum Gasteiger partial charge on any atom is -0.496 e. The van der Waals surface area contributed by atoms with Gasteiger partial charge in [0.25, 0.3) is 5.91 Å². The lowest BCUT2D eigenvalue weighted by Gasteiger charge is -2.16. The summed E-state index contributed by atoms with van der Waals surface area (Å²) in [5.41, 5.74) is 1.15. The van der Waals surface area contributed by atoms with Crippen molar-refractivity contribution in [2.45, 2.75) is 39.8 Å². The Morgan fingerprint density at radius 2 is 2.04 bits per heavy atom. The van der Waals surface area contributed by atoms with E-state index in [1.54, 1.807) is 18.2 Å². The van der Waals surface area contributed by atoms with Gasteiger partial charge in [0.1, 0.15) is 11.8 Å². The van der Waals surface area contributed by atoms with Gasteiger partial charge >= 0.3 is 6.03 Å². The maximum atomic E-state index is 12.4. The number of urea groups is 1. The lowest BCUT2D eigenvalue weighted by atomic mass is 10.0. The maximum Gasteiger partial charge on any atom is 0.325 e. The van der Waals surface area contributed by atoms with Crippen LogP contribution in [0.3, 0.4) is 0 Å². The number of Topliss-reactive ketones (excluding diaryl/α,β-unsaturated/α-hetero) is 1. The van der Waals surface area contributed by atoms with Crippen LogP contribution in [0.1, 0.15) is 43.1 Å². The van der Waals surface area contributed by atoms with E-state index in [2.05, 4.69) is 5.32 Å². The standard InChI is InChI=1S/C17H22N2O4/c1-10(2)7-14-16(21)19(17(22)18-14)9-13-8-12(11(3)20)5-6-15(13)23-4/h5-6,8,10,14H,7,9H2,1-4H3,(H,18,22)/t14-/m0/s1. The molecule has 0 radical (unpaired) electrons. The third-order valence-electron chi connectivity index (χ3n) is 3.83. The molecule has 0 unspecified atom stereocenters. The number of hydrogen-bond donors (Lipinski definition) is 1.